The van der Waals surface area contributed by atoms with Gasteiger partial charge in [-0.05, 0) is 61.9 Å². The van der Waals surface area contributed by atoms with E-state index < -0.39 is 0 Å². The summed E-state index contributed by atoms with van der Waals surface area (Å²) in [5, 5.41) is 4.97. The summed E-state index contributed by atoms with van der Waals surface area (Å²) in [6.45, 7) is 3.39. The minimum absolute atomic E-state index is 0.707. The van der Waals surface area contributed by atoms with Gasteiger partial charge in [-0.25, -0.2) is 0 Å². The molecule has 2 nitrogen and oxygen atoms in total. The second kappa shape index (κ2) is 6.36. The number of fused-ring (bicyclic) bond motifs is 1. The van der Waals surface area contributed by atoms with Crippen LogP contribution < -0.4 is 5.32 Å². The molecule has 3 rings (SSSR count). The van der Waals surface area contributed by atoms with Crippen LogP contribution in [-0.2, 0) is 0 Å². The average Bonchev–Trinajstić information content (AvgIpc) is 2.53. The molecule has 1 fully saturated rings. The molecule has 2 atom stereocenters. The van der Waals surface area contributed by atoms with Crippen molar-refractivity contribution in [2.45, 2.75) is 51.0 Å². The Hall–Kier alpha value is -1.41. The van der Waals surface area contributed by atoms with Gasteiger partial charge in [0.15, 0.2) is 0 Å². The first-order valence-corrected chi connectivity index (χ1v) is 7.95. The van der Waals surface area contributed by atoms with Crippen LogP contribution in [0.4, 0.5) is 0 Å². The summed E-state index contributed by atoms with van der Waals surface area (Å²) in [4.78, 5) is 4.41. The normalized spacial score (nSPS) is 23.1. The molecule has 0 saturated heterocycles. The van der Waals surface area contributed by atoms with E-state index in [2.05, 4.69) is 41.5 Å². The van der Waals surface area contributed by atoms with Crippen LogP contribution in [0.5, 0.6) is 0 Å². The zero-order chi connectivity index (χ0) is 13.8. The van der Waals surface area contributed by atoms with Gasteiger partial charge in [-0.15, -0.1) is 0 Å². The quantitative estimate of drug-likeness (QED) is 0.896. The fourth-order valence-electron chi connectivity index (χ4n) is 3.37. The molecule has 1 aliphatic rings. The number of nitrogens with zero attached hydrogens (tertiary/aromatic N) is 1. The second-order valence-corrected chi connectivity index (χ2v) is 5.97. The predicted molar refractivity (Wildman–Crippen MR) is 85.0 cm³/mol. The van der Waals surface area contributed by atoms with E-state index in [0.717, 1.165) is 12.1 Å². The standard InChI is InChI=1S/C18H24N2/c1-2-10-19-17-7-3-5-14(13-17)15-8-9-18-16(12-15)6-4-11-20-18/h4,6,8-9,11-12,14,17,19H,2-3,5,7,10,13H2,1H3. The number of pyridine rings is 1. The zero-order valence-corrected chi connectivity index (χ0v) is 12.3. The molecule has 1 aromatic carbocycles. The summed E-state index contributed by atoms with van der Waals surface area (Å²) >= 11 is 0. The van der Waals surface area contributed by atoms with Crippen LogP contribution >= 0.6 is 0 Å². The van der Waals surface area contributed by atoms with Gasteiger partial charge in [-0.3, -0.25) is 4.98 Å². The summed E-state index contributed by atoms with van der Waals surface area (Å²) in [5.74, 6) is 0.711. The van der Waals surface area contributed by atoms with Crippen LogP contribution in [0.3, 0.4) is 0 Å². The lowest BCUT2D eigenvalue weighted by Crippen LogP contribution is -2.33. The first-order valence-electron chi connectivity index (χ1n) is 7.95. The summed E-state index contributed by atoms with van der Waals surface area (Å²) in [5.41, 5.74) is 2.60. The molecule has 0 aliphatic heterocycles. The molecule has 20 heavy (non-hydrogen) atoms. The van der Waals surface area contributed by atoms with Gasteiger partial charge in [-0.1, -0.05) is 25.5 Å². The highest BCUT2D eigenvalue weighted by atomic mass is 14.9. The molecular formula is C18H24N2. The maximum atomic E-state index is 4.41. The number of rotatable bonds is 4. The maximum Gasteiger partial charge on any atom is 0.0702 e. The molecule has 2 unspecified atom stereocenters. The molecule has 2 aromatic rings. The smallest absolute Gasteiger partial charge is 0.0702 e. The topological polar surface area (TPSA) is 24.9 Å². The van der Waals surface area contributed by atoms with Gasteiger partial charge in [0.25, 0.3) is 0 Å². The lowest BCUT2D eigenvalue weighted by molar-refractivity contribution is 0.340. The van der Waals surface area contributed by atoms with Gasteiger partial charge in [-0.2, -0.15) is 0 Å². The van der Waals surface area contributed by atoms with E-state index in [1.807, 2.05) is 12.3 Å². The molecule has 2 heteroatoms. The van der Waals surface area contributed by atoms with E-state index in [9.17, 15) is 0 Å². The van der Waals surface area contributed by atoms with Crippen LogP contribution in [0.25, 0.3) is 10.9 Å². The van der Waals surface area contributed by atoms with Crippen LogP contribution in [0.1, 0.15) is 50.5 Å². The third-order valence-electron chi connectivity index (χ3n) is 4.46. The number of hydrogen-bond donors (Lipinski definition) is 1. The Labute approximate surface area is 121 Å². The van der Waals surface area contributed by atoms with E-state index in [-0.39, 0.29) is 0 Å². The van der Waals surface area contributed by atoms with E-state index in [1.165, 1.54) is 43.1 Å². The van der Waals surface area contributed by atoms with Crippen LogP contribution in [0.15, 0.2) is 36.5 Å². The molecule has 0 spiro atoms. The number of aromatic nitrogens is 1. The van der Waals surface area contributed by atoms with E-state index in [4.69, 9.17) is 0 Å². The lowest BCUT2D eigenvalue weighted by Gasteiger charge is -2.30. The highest BCUT2D eigenvalue weighted by Gasteiger charge is 2.22. The Kier molecular flexibility index (Phi) is 4.31. The summed E-state index contributed by atoms with van der Waals surface area (Å²) in [7, 11) is 0. The highest BCUT2D eigenvalue weighted by molar-refractivity contribution is 5.79. The van der Waals surface area contributed by atoms with Crippen molar-refractivity contribution in [1.29, 1.82) is 0 Å². The van der Waals surface area contributed by atoms with Crippen LogP contribution in [0, 0.1) is 0 Å². The Morgan fingerprint density at radius 2 is 2.20 bits per heavy atom. The molecule has 0 amide bonds. The largest absolute Gasteiger partial charge is 0.314 e. The molecule has 0 radical (unpaired) electrons. The molecule has 1 heterocycles. The fraction of sp³-hybridized carbons (Fsp3) is 0.500. The Morgan fingerprint density at radius 1 is 1.25 bits per heavy atom. The SMILES string of the molecule is CCCNC1CCCC(c2ccc3ncccc3c2)C1. The molecule has 1 N–H and O–H groups in total. The van der Waals surface area contributed by atoms with Crippen molar-refractivity contribution in [2.75, 3.05) is 6.54 Å². The monoisotopic (exact) mass is 268 g/mol. The van der Waals surface area contributed by atoms with Crippen molar-refractivity contribution in [1.82, 2.24) is 10.3 Å². The second-order valence-electron chi connectivity index (χ2n) is 5.97. The van der Waals surface area contributed by atoms with E-state index in [1.54, 1.807) is 0 Å². The number of hydrogen-bond acceptors (Lipinski definition) is 2. The van der Waals surface area contributed by atoms with Gasteiger partial charge in [0.05, 0.1) is 5.52 Å². The first-order chi connectivity index (χ1) is 9.86. The Morgan fingerprint density at radius 3 is 3.10 bits per heavy atom. The molecular weight excluding hydrogens is 244 g/mol. The highest BCUT2D eigenvalue weighted by Crippen LogP contribution is 2.34. The maximum absolute atomic E-state index is 4.41. The third kappa shape index (κ3) is 3.01. The van der Waals surface area contributed by atoms with Crippen molar-refractivity contribution in [3.05, 3.63) is 42.1 Å². The molecule has 1 aromatic heterocycles. The van der Waals surface area contributed by atoms with Gasteiger partial charge in [0.1, 0.15) is 0 Å². The Balaban J connectivity index is 1.76. The van der Waals surface area contributed by atoms with Crippen molar-refractivity contribution in [3.8, 4) is 0 Å². The van der Waals surface area contributed by atoms with Gasteiger partial charge >= 0.3 is 0 Å². The average molecular weight is 268 g/mol. The molecule has 0 bridgehead atoms. The lowest BCUT2D eigenvalue weighted by atomic mass is 9.81. The third-order valence-corrected chi connectivity index (χ3v) is 4.46. The first kappa shape index (κ1) is 13.6. The van der Waals surface area contributed by atoms with Crippen LogP contribution in [-0.4, -0.2) is 17.6 Å². The number of nitrogens with one attached hydrogen (secondary N) is 1. The molecule has 1 aliphatic carbocycles. The summed E-state index contributed by atoms with van der Waals surface area (Å²) < 4.78 is 0. The zero-order valence-electron chi connectivity index (χ0n) is 12.3. The predicted octanol–water partition coefficient (Wildman–Crippen LogP) is 4.26. The van der Waals surface area contributed by atoms with Gasteiger partial charge in [0.2, 0.25) is 0 Å². The summed E-state index contributed by atoms with van der Waals surface area (Å²) in [6.07, 6.45) is 8.39. The number of benzene rings is 1. The minimum atomic E-state index is 0.707. The summed E-state index contributed by atoms with van der Waals surface area (Å²) in [6, 6.07) is 11.7. The van der Waals surface area contributed by atoms with Crippen molar-refractivity contribution < 1.29 is 0 Å². The molecule has 106 valence electrons. The van der Waals surface area contributed by atoms with E-state index >= 15 is 0 Å². The van der Waals surface area contributed by atoms with Crippen molar-refractivity contribution >= 4 is 10.9 Å². The van der Waals surface area contributed by atoms with E-state index in [0.29, 0.717) is 12.0 Å². The van der Waals surface area contributed by atoms with Crippen molar-refractivity contribution in [3.63, 3.8) is 0 Å². The minimum Gasteiger partial charge on any atom is -0.314 e. The Bertz CT molecular complexity index is 564. The van der Waals surface area contributed by atoms with Gasteiger partial charge in [0, 0.05) is 17.6 Å². The van der Waals surface area contributed by atoms with Crippen LogP contribution in [0.2, 0.25) is 0 Å². The molecule has 1 saturated carbocycles. The van der Waals surface area contributed by atoms with Crippen molar-refractivity contribution in [2.24, 2.45) is 0 Å². The fourth-order valence-corrected chi connectivity index (χ4v) is 3.37. The van der Waals surface area contributed by atoms with Gasteiger partial charge < -0.3 is 5.32 Å².